The van der Waals surface area contributed by atoms with Crippen molar-refractivity contribution in [3.05, 3.63) is 51.8 Å². The Kier molecular flexibility index (Phi) is 8.60. The van der Waals surface area contributed by atoms with Crippen LogP contribution in [0.15, 0.2) is 24.3 Å². The number of hydrogen-bond donors (Lipinski definition) is 1. The number of nitrogens with one attached hydrogen (secondary N) is 1. The molecule has 6 nitrogen and oxygen atoms in total. The Bertz CT molecular complexity index is 1070. The van der Waals surface area contributed by atoms with Crippen molar-refractivity contribution in [3.63, 3.8) is 0 Å². The van der Waals surface area contributed by atoms with Crippen LogP contribution in [0.5, 0.6) is 0 Å². The van der Waals surface area contributed by atoms with Crippen LogP contribution in [-0.4, -0.2) is 35.6 Å². The molecule has 7 heteroatoms. The molecule has 35 heavy (non-hydrogen) atoms. The van der Waals surface area contributed by atoms with Gasteiger partial charge in [0.1, 0.15) is 5.69 Å². The second kappa shape index (κ2) is 11.1. The molecule has 190 valence electrons. The number of carbonyl (C=O) groups excluding carboxylic acids is 2. The van der Waals surface area contributed by atoms with Crippen molar-refractivity contribution >= 4 is 23.5 Å². The SMILES string of the molecule is COC(=O)[C@@H](OC(C)(C)C)c1c(C)nc(C(=O)N[C@H]2CC[C@H](C)CC2)c(C)c1-c1ccc(Cl)cc1. The Morgan fingerprint density at radius 2 is 1.69 bits per heavy atom. The average molecular weight is 501 g/mol. The lowest BCUT2D eigenvalue weighted by atomic mass is 9.87. The van der Waals surface area contributed by atoms with Gasteiger partial charge < -0.3 is 14.8 Å². The summed E-state index contributed by atoms with van der Waals surface area (Å²) < 4.78 is 11.3. The summed E-state index contributed by atoms with van der Waals surface area (Å²) in [6.45, 7) is 11.6. The Morgan fingerprint density at radius 1 is 1.09 bits per heavy atom. The van der Waals surface area contributed by atoms with Crippen LogP contribution in [-0.2, 0) is 14.3 Å². The molecule has 1 fully saturated rings. The van der Waals surface area contributed by atoms with E-state index in [0.717, 1.165) is 36.8 Å². The maximum absolute atomic E-state index is 13.4. The quantitative estimate of drug-likeness (QED) is 0.467. The number of ether oxygens (including phenoxy) is 2. The first-order chi connectivity index (χ1) is 16.4. The third-order valence-electron chi connectivity index (χ3n) is 6.52. The van der Waals surface area contributed by atoms with Crippen LogP contribution in [0, 0.1) is 19.8 Å². The molecule has 1 atom stereocenters. The summed E-state index contributed by atoms with van der Waals surface area (Å²) in [4.78, 5) is 31.0. The van der Waals surface area contributed by atoms with Gasteiger partial charge in [-0.15, -0.1) is 0 Å². The maximum Gasteiger partial charge on any atom is 0.339 e. The van der Waals surface area contributed by atoms with Crippen molar-refractivity contribution in [2.24, 2.45) is 5.92 Å². The monoisotopic (exact) mass is 500 g/mol. The summed E-state index contributed by atoms with van der Waals surface area (Å²) in [5.41, 5.74) is 3.10. The molecule has 0 saturated heterocycles. The molecule has 0 bridgehead atoms. The van der Waals surface area contributed by atoms with Crippen molar-refractivity contribution in [3.8, 4) is 11.1 Å². The highest BCUT2D eigenvalue weighted by molar-refractivity contribution is 6.30. The van der Waals surface area contributed by atoms with E-state index in [1.54, 1.807) is 19.1 Å². The van der Waals surface area contributed by atoms with Gasteiger partial charge in [-0.2, -0.15) is 0 Å². The predicted octanol–water partition coefficient (Wildman–Crippen LogP) is 6.36. The first-order valence-corrected chi connectivity index (χ1v) is 12.6. The molecule has 1 N–H and O–H groups in total. The largest absolute Gasteiger partial charge is 0.467 e. The van der Waals surface area contributed by atoms with E-state index < -0.39 is 17.7 Å². The van der Waals surface area contributed by atoms with Crippen LogP contribution in [0.3, 0.4) is 0 Å². The molecule has 0 aliphatic heterocycles. The number of methoxy groups -OCH3 is 1. The molecular weight excluding hydrogens is 464 g/mol. The van der Waals surface area contributed by atoms with Crippen LogP contribution in [0.2, 0.25) is 5.02 Å². The summed E-state index contributed by atoms with van der Waals surface area (Å²) in [5, 5.41) is 3.78. The number of carbonyl (C=O) groups is 2. The zero-order chi connectivity index (χ0) is 25.9. The minimum Gasteiger partial charge on any atom is -0.467 e. The molecule has 1 amide bonds. The Hall–Kier alpha value is -2.44. The van der Waals surface area contributed by atoms with Crippen molar-refractivity contribution in [2.45, 2.75) is 85.0 Å². The second-order valence-corrected chi connectivity index (χ2v) is 11.0. The summed E-state index contributed by atoms with van der Waals surface area (Å²) in [6.07, 6.45) is 3.15. The van der Waals surface area contributed by atoms with Gasteiger partial charge in [0.2, 0.25) is 0 Å². The van der Waals surface area contributed by atoms with Crippen LogP contribution in [0.1, 0.15) is 86.8 Å². The third-order valence-corrected chi connectivity index (χ3v) is 6.77. The summed E-state index contributed by atoms with van der Waals surface area (Å²) >= 11 is 6.16. The summed E-state index contributed by atoms with van der Waals surface area (Å²) in [5.74, 6) is -0.0228. The van der Waals surface area contributed by atoms with E-state index in [9.17, 15) is 9.59 Å². The molecular formula is C28H37ClN2O4. The van der Waals surface area contributed by atoms with E-state index in [2.05, 4.69) is 12.2 Å². The average Bonchev–Trinajstić information content (AvgIpc) is 2.79. The number of pyridine rings is 1. The van der Waals surface area contributed by atoms with Gasteiger partial charge in [-0.1, -0.05) is 30.7 Å². The molecule has 0 radical (unpaired) electrons. The molecule has 1 saturated carbocycles. The van der Waals surface area contributed by atoms with Gasteiger partial charge in [-0.25, -0.2) is 9.78 Å². The van der Waals surface area contributed by atoms with E-state index in [4.69, 9.17) is 26.1 Å². The predicted molar refractivity (Wildman–Crippen MR) is 139 cm³/mol. The van der Waals surface area contributed by atoms with E-state index >= 15 is 0 Å². The molecule has 2 aromatic rings. The number of benzene rings is 1. The lowest BCUT2D eigenvalue weighted by Gasteiger charge is -2.30. The van der Waals surface area contributed by atoms with E-state index in [1.165, 1.54) is 7.11 Å². The molecule has 1 heterocycles. The van der Waals surface area contributed by atoms with Crippen LogP contribution < -0.4 is 5.32 Å². The first-order valence-electron chi connectivity index (χ1n) is 12.2. The summed E-state index contributed by atoms with van der Waals surface area (Å²) in [6, 6.07) is 7.48. The van der Waals surface area contributed by atoms with Gasteiger partial charge >= 0.3 is 5.97 Å². The number of amides is 1. The number of halogens is 1. The van der Waals surface area contributed by atoms with Crippen molar-refractivity contribution in [1.29, 1.82) is 0 Å². The Labute approximate surface area is 213 Å². The topological polar surface area (TPSA) is 77.5 Å². The standard InChI is InChI=1S/C28H37ClN2O4/c1-16-8-14-21(15-9-16)31-26(32)24-17(2)22(19-10-12-20(29)13-11-19)23(18(3)30-24)25(27(33)34-7)35-28(4,5)6/h10-13,16,21,25H,8-9,14-15H2,1-7H3,(H,31,32)/t16-,21-,25-/m0/s1. The molecule has 1 aliphatic carbocycles. The molecule has 1 aliphatic rings. The molecule has 0 spiro atoms. The van der Waals surface area contributed by atoms with Gasteiger partial charge in [0.05, 0.1) is 12.7 Å². The van der Waals surface area contributed by atoms with Crippen LogP contribution in [0.4, 0.5) is 0 Å². The summed E-state index contributed by atoms with van der Waals surface area (Å²) in [7, 11) is 1.34. The molecule has 0 unspecified atom stereocenters. The van der Waals surface area contributed by atoms with E-state index in [-0.39, 0.29) is 11.9 Å². The number of rotatable bonds is 6. The molecule has 1 aromatic heterocycles. The normalized spacial score (nSPS) is 19.2. The van der Waals surface area contributed by atoms with E-state index in [1.807, 2.05) is 39.8 Å². The third kappa shape index (κ3) is 6.62. The minimum atomic E-state index is -1.01. The molecule has 1 aromatic carbocycles. The van der Waals surface area contributed by atoms with Gasteiger partial charge in [-0.3, -0.25) is 4.79 Å². The fourth-order valence-corrected chi connectivity index (χ4v) is 4.81. The zero-order valence-electron chi connectivity index (χ0n) is 21.8. The zero-order valence-corrected chi connectivity index (χ0v) is 22.6. The Balaban J connectivity index is 2.15. The van der Waals surface area contributed by atoms with Crippen molar-refractivity contribution < 1.29 is 19.1 Å². The van der Waals surface area contributed by atoms with Crippen LogP contribution >= 0.6 is 11.6 Å². The fourth-order valence-electron chi connectivity index (χ4n) is 4.69. The van der Waals surface area contributed by atoms with Gasteiger partial charge in [0.25, 0.3) is 5.91 Å². The number of nitrogens with zero attached hydrogens (tertiary/aromatic N) is 1. The van der Waals surface area contributed by atoms with Gasteiger partial charge in [0, 0.05) is 22.3 Å². The number of esters is 1. The van der Waals surface area contributed by atoms with Crippen molar-refractivity contribution in [2.75, 3.05) is 7.11 Å². The highest BCUT2D eigenvalue weighted by atomic mass is 35.5. The minimum absolute atomic E-state index is 0.144. The fraction of sp³-hybridized carbons (Fsp3) is 0.536. The highest BCUT2D eigenvalue weighted by Gasteiger charge is 2.34. The van der Waals surface area contributed by atoms with Gasteiger partial charge in [-0.05, 0) is 95.0 Å². The van der Waals surface area contributed by atoms with Crippen LogP contribution in [0.25, 0.3) is 11.1 Å². The van der Waals surface area contributed by atoms with Gasteiger partial charge in [0.15, 0.2) is 6.10 Å². The smallest absolute Gasteiger partial charge is 0.339 e. The lowest BCUT2D eigenvalue weighted by Crippen LogP contribution is -2.38. The second-order valence-electron chi connectivity index (χ2n) is 10.5. The number of hydrogen-bond acceptors (Lipinski definition) is 5. The Morgan fingerprint density at radius 3 is 2.23 bits per heavy atom. The van der Waals surface area contributed by atoms with E-state index in [0.29, 0.717) is 33.5 Å². The maximum atomic E-state index is 13.4. The number of aromatic nitrogens is 1. The number of aryl methyl sites for hydroxylation is 1. The highest BCUT2D eigenvalue weighted by Crippen LogP contribution is 2.39. The van der Waals surface area contributed by atoms with Crippen molar-refractivity contribution in [1.82, 2.24) is 10.3 Å². The lowest BCUT2D eigenvalue weighted by molar-refractivity contribution is -0.164. The first kappa shape index (κ1) is 27.2. The molecule has 3 rings (SSSR count).